The maximum atomic E-state index is 11.9. The summed E-state index contributed by atoms with van der Waals surface area (Å²) in [4.78, 5) is 53.8. The van der Waals surface area contributed by atoms with Crippen molar-refractivity contribution < 1.29 is 81.5 Å². The molecule has 25 nitrogen and oxygen atoms in total. The minimum atomic E-state index is -0.651. The zero-order valence-electron chi connectivity index (χ0n) is 40.8. The summed E-state index contributed by atoms with van der Waals surface area (Å²) < 4.78 is 58.6. The molecule has 0 aliphatic heterocycles. The zero-order valence-corrected chi connectivity index (χ0v) is 40.8. The molecule has 1 aromatic heterocycles. The fraction of sp³-hybridized carbons (Fsp3) is 0.160. The highest BCUT2D eigenvalue weighted by atomic mass is 16.6. The van der Waals surface area contributed by atoms with Crippen molar-refractivity contribution in [2.45, 2.75) is 6.92 Å². The van der Waals surface area contributed by atoms with E-state index in [0.29, 0.717) is 74.9 Å². The predicted molar refractivity (Wildman–Crippen MR) is 264 cm³/mol. The first kappa shape index (κ1) is 55.5. The van der Waals surface area contributed by atoms with Gasteiger partial charge < -0.3 is 57.1 Å². The van der Waals surface area contributed by atoms with Gasteiger partial charge in [-0.15, -0.1) is 0 Å². The van der Waals surface area contributed by atoms with Gasteiger partial charge in [0.05, 0.1) is 86.9 Å². The van der Waals surface area contributed by atoms with Crippen LogP contribution in [0, 0.1) is 30.3 Å². The van der Waals surface area contributed by atoms with Crippen LogP contribution >= 0.6 is 0 Å². The van der Waals surface area contributed by atoms with Gasteiger partial charge in [0.25, 0.3) is 17.1 Å². The largest absolute Gasteiger partial charge is 0.496 e. The van der Waals surface area contributed by atoms with Gasteiger partial charge >= 0.3 is 5.97 Å². The first-order valence-electron chi connectivity index (χ1n) is 21.5. The second-order valence-electron chi connectivity index (χ2n) is 14.4. The Morgan fingerprint density at radius 2 is 0.920 bits per heavy atom. The van der Waals surface area contributed by atoms with Crippen molar-refractivity contribution in [1.82, 2.24) is 5.16 Å². The number of carbonyl (C=O) groups is 2. The number of benzene rings is 6. The quantitative estimate of drug-likeness (QED) is 0.0185. The smallest absolute Gasteiger partial charge is 0.377 e. The summed E-state index contributed by atoms with van der Waals surface area (Å²) in [6.07, 6.45) is 1.78. The topological polar surface area (TPSA) is 314 Å². The van der Waals surface area contributed by atoms with Crippen LogP contribution < -0.4 is 42.6 Å². The van der Waals surface area contributed by atoms with Crippen LogP contribution in [0.15, 0.2) is 125 Å². The predicted octanol–water partition coefficient (Wildman–Crippen LogP) is 10.7. The number of nitro groups is 3. The molecule has 1 heterocycles. The first-order chi connectivity index (χ1) is 36.1. The van der Waals surface area contributed by atoms with E-state index in [1.165, 1.54) is 134 Å². The van der Waals surface area contributed by atoms with Gasteiger partial charge in [-0.1, -0.05) is 10.3 Å². The van der Waals surface area contributed by atoms with E-state index in [-0.39, 0.29) is 52.2 Å². The van der Waals surface area contributed by atoms with E-state index < -0.39 is 20.7 Å². The Balaban J connectivity index is 0.000000212. The number of rotatable bonds is 20. The number of non-ortho nitro benzene ring substituents is 3. The summed E-state index contributed by atoms with van der Waals surface area (Å²) in [7, 11) is 8.80. The molecule has 0 spiro atoms. The van der Waals surface area contributed by atoms with Crippen molar-refractivity contribution in [3.05, 3.63) is 162 Å². The van der Waals surface area contributed by atoms with E-state index in [4.69, 9.17) is 57.1 Å². The number of methoxy groups -OCH3 is 6. The van der Waals surface area contributed by atoms with Crippen molar-refractivity contribution in [2.75, 3.05) is 49.3 Å². The lowest BCUT2D eigenvalue weighted by atomic mass is 10.1. The van der Waals surface area contributed by atoms with Crippen molar-refractivity contribution >= 4 is 35.5 Å². The number of nitro benzene ring substituents is 3. The molecule has 7 rings (SSSR count). The Labute approximate surface area is 425 Å². The van der Waals surface area contributed by atoms with E-state index >= 15 is 0 Å². The number of esters is 1. The number of aldehydes is 1. The van der Waals surface area contributed by atoms with Crippen molar-refractivity contribution in [3.8, 4) is 80.3 Å². The fourth-order valence-corrected chi connectivity index (χ4v) is 6.36. The number of ether oxygens (including phenoxy) is 10. The molecule has 0 fully saturated rings. The lowest BCUT2D eigenvalue weighted by Gasteiger charge is -2.15. The molecule has 0 saturated carbocycles. The molecule has 75 heavy (non-hydrogen) atoms. The van der Waals surface area contributed by atoms with Crippen LogP contribution in [0.1, 0.15) is 33.4 Å². The number of nitrogens with zero attached hydrogens (tertiary/aromatic N) is 5. The standard InChI is InChI=1S/C20H18N2O8.C15H14N2O6.C15H13NO6/c1-4-28-20(23)18-11-15(21-30-18)19-16(27-3)9-14(26-2)10-17(19)29-13-7-5-12(6-8-13)22(24)25;1-21-12-7-14(22-2)13(9-16-18)15(8-12)23-11-5-3-10(4-6-11)17(19)20;1-20-12-7-14(21-2)13(9-17)15(8-12)22-11-5-3-10(4-6-11)16(18)19/h5-11H,4H2,1-3H3;3-9,18H,1-2H3;3-9H,1-2H3/b;16-9+;. The number of hydrogen-bond acceptors (Lipinski definition) is 22. The third-order valence-corrected chi connectivity index (χ3v) is 9.94. The van der Waals surface area contributed by atoms with Crippen LogP contribution in [0.25, 0.3) is 11.3 Å². The average molecular weight is 1040 g/mol. The van der Waals surface area contributed by atoms with E-state index in [9.17, 15) is 39.9 Å². The van der Waals surface area contributed by atoms with Crippen LogP contribution in [0.4, 0.5) is 17.1 Å². The Bertz CT molecular complexity index is 3140. The van der Waals surface area contributed by atoms with Gasteiger partial charge in [-0.2, -0.15) is 0 Å². The Morgan fingerprint density at radius 3 is 1.29 bits per heavy atom. The molecule has 390 valence electrons. The van der Waals surface area contributed by atoms with Gasteiger partial charge in [0.2, 0.25) is 5.76 Å². The number of hydrogen-bond donors (Lipinski definition) is 1. The van der Waals surface area contributed by atoms with Gasteiger partial charge in [-0.3, -0.25) is 35.1 Å². The highest BCUT2D eigenvalue weighted by molar-refractivity contribution is 5.89. The first-order valence-corrected chi connectivity index (χ1v) is 21.5. The normalized spacial score (nSPS) is 10.3. The number of carbonyl (C=O) groups excluding carboxylic acids is 2. The molecule has 0 aliphatic carbocycles. The molecule has 6 aromatic carbocycles. The molecule has 0 aliphatic rings. The molecule has 0 atom stereocenters. The van der Waals surface area contributed by atoms with Gasteiger partial charge in [0, 0.05) is 78.9 Å². The molecular weight excluding hydrogens is 991 g/mol. The Morgan fingerprint density at radius 1 is 0.547 bits per heavy atom. The van der Waals surface area contributed by atoms with Crippen LogP contribution in [0.3, 0.4) is 0 Å². The lowest BCUT2D eigenvalue weighted by Crippen LogP contribution is -2.02. The fourth-order valence-electron chi connectivity index (χ4n) is 6.36. The van der Waals surface area contributed by atoms with Crippen LogP contribution in [-0.2, 0) is 4.74 Å². The molecule has 0 unspecified atom stereocenters. The number of aromatic nitrogens is 1. The molecule has 0 bridgehead atoms. The maximum Gasteiger partial charge on any atom is 0.377 e. The minimum absolute atomic E-state index is 0.0438. The molecular formula is C50H45N5O20. The minimum Gasteiger partial charge on any atom is -0.496 e. The number of oxime groups is 1. The van der Waals surface area contributed by atoms with Gasteiger partial charge in [-0.05, 0) is 43.3 Å². The molecule has 1 N–H and O–H groups in total. The summed E-state index contributed by atoms with van der Waals surface area (Å²) >= 11 is 0. The zero-order chi connectivity index (χ0) is 54.6. The molecule has 0 saturated heterocycles. The SMILES string of the molecule is CCOC(=O)c1cc(-c2c(OC)cc(OC)cc2Oc2ccc([N+](=O)[O-])cc2)no1.COc1cc(OC)c(/C=N/O)c(Oc2ccc([N+](=O)[O-])cc2)c1.COc1cc(OC)c(C=O)c(Oc2ccc([N+](=O)[O-])cc2)c1. The summed E-state index contributed by atoms with van der Waals surface area (Å²) in [6.45, 7) is 1.87. The lowest BCUT2D eigenvalue weighted by molar-refractivity contribution is -0.385. The van der Waals surface area contributed by atoms with Crippen LogP contribution in [0.5, 0.6) is 69.0 Å². The Kier molecular flexibility index (Phi) is 19.7. The van der Waals surface area contributed by atoms with Crippen molar-refractivity contribution in [1.29, 1.82) is 0 Å². The van der Waals surface area contributed by atoms with E-state index in [1.807, 2.05) is 0 Å². The van der Waals surface area contributed by atoms with E-state index in [1.54, 1.807) is 37.3 Å². The molecule has 0 amide bonds. The molecule has 7 aromatic rings. The Hall–Kier alpha value is -10.5. The average Bonchev–Trinajstić information content (AvgIpc) is 3.92. The summed E-state index contributed by atoms with van der Waals surface area (Å²) in [5.74, 6) is 3.60. The second-order valence-corrected chi connectivity index (χ2v) is 14.4. The highest BCUT2D eigenvalue weighted by Gasteiger charge is 2.23. The van der Waals surface area contributed by atoms with E-state index in [0.717, 1.165) is 0 Å². The second kappa shape index (κ2) is 26.7. The van der Waals surface area contributed by atoms with Crippen molar-refractivity contribution in [3.63, 3.8) is 0 Å². The van der Waals surface area contributed by atoms with Crippen LogP contribution in [-0.4, -0.2) is 92.9 Å². The summed E-state index contributed by atoms with van der Waals surface area (Å²) in [5.41, 5.74) is 1.13. The van der Waals surface area contributed by atoms with Crippen molar-refractivity contribution in [2.24, 2.45) is 5.16 Å². The molecule has 0 radical (unpaired) electrons. The van der Waals surface area contributed by atoms with Gasteiger partial charge in [0.1, 0.15) is 74.7 Å². The van der Waals surface area contributed by atoms with Gasteiger partial charge in [0.15, 0.2) is 6.29 Å². The third kappa shape index (κ3) is 14.6. The summed E-state index contributed by atoms with van der Waals surface area (Å²) in [6, 6.07) is 27.6. The monoisotopic (exact) mass is 1040 g/mol. The van der Waals surface area contributed by atoms with E-state index in [2.05, 4.69) is 10.3 Å². The third-order valence-electron chi connectivity index (χ3n) is 9.94. The van der Waals surface area contributed by atoms with Gasteiger partial charge in [-0.25, -0.2) is 4.79 Å². The highest BCUT2D eigenvalue weighted by Crippen LogP contribution is 2.44. The summed E-state index contributed by atoms with van der Waals surface area (Å²) in [5, 5.41) is 47.9. The van der Waals surface area contributed by atoms with Crippen LogP contribution in [0.2, 0.25) is 0 Å². The maximum absolute atomic E-state index is 11.9. The molecule has 25 heteroatoms.